The topological polar surface area (TPSA) is 29.5 Å². The molecule has 0 fully saturated rings. The van der Waals surface area contributed by atoms with E-state index in [-0.39, 0.29) is 0 Å². The number of rotatable bonds is 4. The fourth-order valence-electron chi connectivity index (χ4n) is 2.82. The Bertz CT molecular complexity index is 650. The van der Waals surface area contributed by atoms with Crippen LogP contribution in [-0.4, -0.2) is 5.11 Å². The molecule has 0 amide bonds. The molecule has 21 heavy (non-hydrogen) atoms. The Labute approximate surface area is 124 Å². The standard InChI is InChI=1S/C18H19FO2/c1-12(20)17-8-7-16(10-18(17)19)21-11-13-5-6-14-3-2-4-15(14)9-13/h5-10,12,20H,2-4,11H2,1H3/t12-/m1/s1. The highest BCUT2D eigenvalue weighted by atomic mass is 19.1. The van der Waals surface area contributed by atoms with Crippen LogP contribution in [0.15, 0.2) is 36.4 Å². The molecule has 0 saturated carbocycles. The third-order valence-corrected chi connectivity index (χ3v) is 3.99. The first-order valence-electron chi connectivity index (χ1n) is 7.34. The molecule has 2 nitrogen and oxygen atoms in total. The molecule has 2 aromatic rings. The van der Waals surface area contributed by atoms with E-state index in [1.807, 2.05) is 0 Å². The maximum Gasteiger partial charge on any atom is 0.132 e. The summed E-state index contributed by atoms with van der Waals surface area (Å²) in [5.74, 6) is 0.0499. The summed E-state index contributed by atoms with van der Waals surface area (Å²) >= 11 is 0. The van der Waals surface area contributed by atoms with E-state index >= 15 is 0 Å². The summed E-state index contributed by atoms with van der Waals surface area (Å²) in [6, 6.07) is 11.0. The zero-order chi connectivity index (χ0) is 14.8. The van der Waals surface area contributed by atoms with Gasteiger partial charge in [0.05, 0.1) is 6.10 Å². The van der Waals surface area contributed by atoms with Gasteiger partial charge < -0.3 is 9.84 Å². The molecule has 3 heteroatoms. The lowest BCUT2D eigenvalue weighted by molar-refractivity contribution is 0.194. The van der Waals surface area contributed by atoms with Gasteiger partial charge >= 0.3 is 0 Å². The van der Waals surface area contributed by atoms with Gasteiger partial charge in [-0.2, -0.15) is 0 Å². The smallest absolute Gasteiger partial charge is 0.132 e. The van der Waals surface area contributed by atoms with Gasteiger partial charge in [-0.05, 0) is 55.0 Å². The molecule has 1 atom stereocenters. The van der Waals surface area contributed by atoms with E-state index in [0.29, 0.717) is 17.9 Å². The number of aryl methyl sites for hydroxylation is 2. The number of benzene rings is 2. The second-order valence-electron chi connectivity index (χ2n) is 5.60. The van der Waals surface area contributed by atoms with E-state index in [2.05, 4.69) is 18.2 Å². The quantitative estimate of drug-likeness (QED) is 0.922. The first-order chi connectivity index (χ1) is 10.1. The van der Waals surface area contributed by atoms with Crippen LogP contribution in [0.4, 0.5) is 4.39 Å². The minimum absolute atomic E-state index is 0.292. The molecule has 2 aromatic carbocycles. The number of aliphatic hydroxyl groups is 1. The molecule has 1 aliphatic rings. The molecule has 3 rings (SSSR count). The minimum atomic E-state index is -0.809. The number of hydrogen-bond acceptors (Lipinski definition) is 2. The van der Waals surface area contributed by atoms with E-state index in [1.54, 1.807) is 19.1 Å². The second-order valence-corrected chi connectivity index (χ2v) is 5.60. The van der Waals surface area contributed by atoms with Crippen molar-refractivity contribution in [2.75, 3.05) is 0 Å². The van der Waals surface area contributed by atoms with Gasteiger partial charge in [0.15, 0.2) is 0 Å². The van der Waals surface area contributed by atoms with Crippen molar-refractivity contribution in [3.05, 3.63) is 64.5 Å². The number of ether oxygens (including phenoxy) is 1. The van der Waals surface area contributed by atoms with E-state index < -0.39 is 11.9 Å². The van der Waals surface area contributed by atoms with Crippen LogP contribution < -0.4 is 4.74 Å². The Kier molecular flexibility index (Phi) is 3.93. The third kappa shape index (κ3) is 3.08. The van der Waals surface area contributed by atoms with Crippen LogP contribution in [-0.2, 0) is 19.4 Å². The fourth-order valence-corrected chi connectivity index (χ4v) is 2.82. The Morgan fingerprint density at radius 2 is 1.95 bits per heavy atom. The molecule has 0 spiro atoms. The summed E-state index contributed by atoms with van der Waals surface area (Å²) in [7, 11) is 0. The van der Waals surface area contributed by atoms with Crippen molar-refractivity contribution in [1.82, 2.24) is 0 Å². The van der Waals surface area contributed by atoms with Gasteiger partial charge in [0, 0.05) is 11.6 Å². The lowest BCUT2D eigenvalue weighted by Crippen LogP contribution is -2.00. The van der Waals surface area contributed by atoms with Crippen LogP contribution in [0.25, 0.3) is 0 Å². The van der Waals surface area contributed by atoms with Gasteiger partial charge in [-0.25, -0.2) is 4.39 Å². The van der Waals surface area contributed by atoms with Crippen LogP contribution in [0.1, 0.15) is 41.7 Å². The lowest BCUT2D eigenvalue weighted by atomic mass is 10.1. The average Bonchev–Trinajstić information content (AvgIpc) is 2.92. The van der Waals surface area contributed by atoms with E-state index in [4.69, 9.17) is 4.74 Å². The predicted molar refractivity (Wildman–Crippen MR) is 79.8 cm³/mol. The van der Waals surface area contributed by atoms with Crippen LogP contribution >= 0.6 is 0 Å². The van der Waals surface area contributed by atoms with Crippen LogP contribution in [0.5, 0.6) is 5.75 Å². The van der Waals surface area contributed by atoms with Gasteiger partial charge in [0.2, 0.25) is 0 Å². The summed E-state index contributed by atoms with van der Waals surface area (Å²) in [5.41, 5.74) is 4.24. The van der Waals surface area contributed by atoms with Crippen molar-refractivity contribution in [2.45, 2.75) is 38.9 Å². The number of hydrogen-bond donors (Lipinski definition) is 1. The normalized spacial score (nSPS) is 14.8. The summed E-state index contributed by atoms with van der Waals surface area (Å²) in [4.78, 5) is 0. The summed E-state index contributed by atoms with van der Waals surface area (Å²) in [5, 5.41) is 9.41. The Hall–Kier alpha value is -1.87. The molecular weight excluding hydrogens is 267 g/mol. The highest BCUT2D eigenvalue weighted by Crippen LogP contribution is 2.25. The molecule has 1 N–H and O–H groups in total. The summed E-state index contributed by atoms with van der Waals surface area (Å²) < 4.78 is 19.4. The monoisotopic (exact) mass is 286 g/mol. The van der Waals surface area contributed by atoms with Crippen LogP contribution in [0.3, 0.4) is 0 Å². The highest BCUT2D eigenvalue weighted by molar-refractivity contribution is 5.35. The SMILES string of the molecule is C[C@@H](O)c1ccc(OCc2ccc3c(c2)CCC3)cc1F. The first-order valence-corrected chi connectivity index (χ1v) is 7.34. The van der Waals surface area contributed by atoms with E-state index in [0.717, 1.165) is 12.0 Å². The van der Waals surface area contributed by atoms with Gasteiger partial charge in [0.25, 0.3) is 0 Å². The molecule has 110 valence electrons. The summed E-state index contributed by atoms with van der Waals surface area (Å²) in [6.45, 7) is 1.98. The van der Waals surface area contributed by atoms with Crippen LogP contribution in [0, 0.1) is 5.82 Å². The number of aliphatic hydroxyl groups excluding tert-OH is 1. The molecule has 0 aromatic heterocycles. The maximum absolute atomic E-state index is 13.8. The van der Waals surface area contributed by atoms with Gasteiger partial charge in [-0.1, -0.05) is 18.2 Å². The first kappa shape index (κ1) is 14.1. The van der Waals surface area contributed by atoms with Crippen molar-refractivity contribution in [3.63, 3.8) is 0 Å². The van der Waals surface area contributed by atoms with Gasteiger partial charge in [-0.3, -0.25) is 0 Å². The molecule has 0 saturated heterocycles. The molecule has 0 radical (unpaired) electrons. The Balaban J connectivity index is 1.69. The molecule has 0 heterocycles. The van der Waals surface area contributed by atoms with E-state index in [9.17, 15) is 9.50 Å². The number of halogens is 1. The third-order valence-electron chi connectivity index (χ3n) is 3.99. The molecule has 0 bridgehead atoms. The largest absolute Gasteiger partial charge is 0.489 e. The molecular formula is C18H19FO2. The lowest BCUT2D eigenvalue weighted by Gasteiger charge is -2.11. The average molecular weight is 286 g/mol. The van der Waals surface area contributed by atoms with Crippen molar-refractivity contribution in [1.29, 1.82) is 0 Å². The molecule has 0 aliphatic heterocycles. The zero-order valence-corrected chi connectivity index (χ0v) is 12.1. The number of fused-ring (bicyclic) bond motifs is 1. The minimum Gasteiger partial charge on any atom is -0.489 e. The highest BCUT2D eigenvalue weighted by Gasteiger charge is 2.12. The van der Waals surface area contributed by atoms with Crippen molar-refractivity contribution in [2.24, 2.45) is 0 Å². The van der Waals surface area contributed by atoms with Crippen molar-refractivity contribution in [3.8, 4) is 5.75 Å². The summed E-state index contributed by atoms with van der Waals surface area (Å²) in [6.07, 6.45) is 2.73. The van der Waals surface area contributed by atoms with E-state index in [1.165, 1.54) is 30.0 Å². The second kappa shape index (κ2) is 5.86. The molecule has 1 aliphatic carbocycles. The zero-order valence-electron chi connectivity index (χ0n) is 12.1. The Morgan fingerprint density at radius 3 is 2.71 bits per heavy atom. The Morgan fingerprint density at radius 1 is 1.14 bits per heavy atom. The fraction of sp³-hybridized carbons (Fsp3) is 0.333. The predicted octanol–water partition coefficient (Wildman–Crippen LogP) is 3.95. The molecule has 0 unspecified atom stereocenters. The van der Waals surface area contributed by atoms with Gasteiger partial charge in [-0.15, -0.1) is 0 Å². The van der Waals surface area contributed by atoms with Crippen molar-refractivity contribution < 1.29 is 14.2 Å². The van der Waals surface area contributed by atoms with Crippen molar-refractivity contribution >= 4 is 0 Å². The van der Waals surface area contributed by atoms with Crippen LogP contribution in [0.2, 0.25) is 0 Å². The maximum atomic E-state index is 13.8. The van der Waals surface area contributed by atoms with Gasteiger partial charge in [0.1, 0.15) is 18.2 Å².